The van der Waals surface area contributed by atoms with Crippen LogP contribution in [0.3, 0.4) is 0 Å². The smallest absolute Gasteiger partial charge is 0.0374 e. The zero-order valence-corrected chi connectivity index (χ0v) is 8.62. The summed E-state index contributed by atoms with van der Waals surface area (Å²) in [6.45, 7) is 7.71. The second-order valence-corrected chi connectivity index (χ2v) is 3.67. The standard InChI is InChI=1S/C9H20ClN/c1-4-5-8(2)7-11-9(3)6-10/h8-9,11H,4-7H2,1-3H3. The van der Waals surface area contributed by atoms with E-state index in [4.69, 9.17) is 11.6 Å². The zero-order chi connectivity index (χ0) is 8.69. The average molecular weight is 178 g/mol. The van der Waals surface area contributed by atoms with Gasteiger partial charge in [-0.3, -0.25) is 0 Å². The van der Waals surface area contributed by atoms with Crippen molar-refractivity contribution < 1.29 is 0 Å². The highest BCUT2D eigenvalue weighted by Gasteiger charge is 2.02. The quantitative estimate of drug-likeness (QED) is 0.616. The summed E-state index contributed by atoms with van der Waals surface area (Å²) in [6.07, 6.45) is 2.58. The molecule has 68 valence electrons. The molecule has 0 aliphatic heterocycles. The van der Waals surface area contributed by atoms with E-state index in [1.54, 1.807) is 0 Å². The van der Waals surface area contributed by atoms with Crippen molar-refractivity contribution in [3.8, 4) is 0 Å². The number of nitrogens with one attached hydrogen (secondary N) is 1. The molecule has 0 aliphatic carbocycles. The minimum atomic E-state index is 0.455. The summed E-state index contributed by atoms with van der Waals surface area (Å²) in [7, 11) is 0. The second-order valence-electron chi connectivity index (χ2n) is 3.36. The summed E-state index contributed by atoms with van der Waals surface area (Å²) in [6, 6.07) is 0.455. The molecule has 1 N–H and O–H groups in total. The SMILES string of the molecule is CCCC(C)CNC(C)CCl. The first kappa shape index (κ1) is 11.2. The summed E-state index contributed by atoms with van der Waals surface area (Å²) < 4.78 is 0. The molecule has 0 radical (unpaired) electrons. The molecule has 0 saturated heterocycles. The molecule has 0 aromatic heterocycles. The van der Waals surface area contributed by atoms with Crippen molar-refractivity contribution in [2.75, 3.05) is 12.4 Å². The van der Waals surface area contributed by atoms with E-state index in [0.717, 1.165) is 12.5 Å². The summed E-state index contributed by atoms with van der Waals surface area (Å²) in [5.41, 5.74) is 0. The van der Waals surface area contributed by atoms with E-state index in [2.05, 4.69) is 26.1 Å². The number of hydrogen-bond acceptors (Lipinski definition) is 1. The van der Waals surface area contributed by atoms with Gasteiger partial charge >= 0.3 is 0 Å². The summed E-state index contributed by atoms with van der Waals surface area (Å²) in [4.78, 5) is 0. The van der Waals surface area contributed by atoms with E-state index in [-0.39, 0.29) is 0 Å². The van der Waals surface area contributed by atoms with Gasteiger partial charge in [0.05, 0.1) is 0 Å². The van der Waals surface area contributed by atoms with Crippen molar-refractivity contribution in [1.29, 1.82) is 0 Å². The molecule has 0 heterocycles. The van der Waals surface area contributed by atoms with Crippen LogP contribution in [0.15, 0.2) is 0 Å². The van der Waals surface area contributed by atoms with Crippen LogP contribution in [0.1, 0.15) is 33.6 Å². The van der Waals surface area contributed by atoms with E-state index < -0.39 is 0 Å². The van der Waals surface area contributed by atoms with Gasteiger partial charge in [0.2, 0.25) is 0 Å². The molecule has 2 heteroatoms. The first-order valence-corrected chi connectivity index (χ1v) is 5.03. The van der Waals surface area contributed by atoms with Crippen LogP contribution in [-0.4, -0.2) is 18.5 Å². The average Bonchev–Trinajstić information content (AvgIpc) is 2.01. The number of halogens is 1. The third kappa shape index (κ3) is 6.64. The lowest BCUT2D eigenvalue weighted by Crippen LogP contribution is -2.31. The third-order valence-corrected chi connectivity index (χ3v) is 2.29. The molecule has 1 nitrogen and oxygen atoms in total. The largest absolute Gasteiger partial charge is 0.313 e. The Bertz CT molecular complexity index is 85.6. The molecule has 0 saturated carbocycles. The molecule has 0 aliphatic rings. The number of alkyl halides is 1. The third-order valence-electron chi connectivity index (χ3n) is 1.83. The predicted molar refractivity (Wildman–Crippen MR) is 52.3 cm³/mol. The van der Waals surface area contributed by atoms with E-state index in [0.29, 0.717) is 11.9 Å². The van der Waals surface area contributed by atoms with Gasteiger partial charge in [-0.2, -0.15) is 0 Å². The van der Waals surface area contributed by atoms with E-state index in [9.17, 15) is 0 Å². The Morgan fingerprint density at radius 1 is 1.36 bits per heavy atom. The maximum atomic E-state index is 5.65. The van der Waals surface area contributed by atoms with Gasteiger partial charge in [-0.1, -0.05) is 20.3 Å². The van der Waals surface area contributed by atoms with Crippen molar-refractivity contribution in [2.45, 2.75) is 39.7 Å². The first-order valence-electron chi connectivity index (χ1n) is 4.50. The molecule has 0 amide bonds. The molecule has 2 atom stereocenters. The Labute approximate surface area is 75.5 Å². The second kappa shape index (κ2) is 6.93. The molecule has 0 rings (SSSR count). The molecule has 0 spiro atoms. The lowest BCUT2D eigenvalue weighted by molar-refractivity contribution is 0.451. The normalized spacial score (nSPS) is 16.4. The molecular formula is C9H20ClN. The topological polar surface area (TPSA) is 12.0 Å². The molecule has 2 unspecified atom stereocenters. The fourth-order valence-electron chi connectivity index (χ4n) is 1.05. The van der Waals surface area contributed by atoms with Crippen LogP contribution >= 0.6 is 11.6 Å². The van der Waals surface area contributed by atoms with Gasteiger partial charge in [-0.25, -0.2) is 0 Å². The van der Waals surface area contributed by atoms with Crippen LogP contribution in [0.25, 0.3) is 0 Å². The van der Waals surface area contributed by atoms with Crippen LogP contribution in [0.5, 0.6) is 0 Å². The minimum Gasteiger partial charge on any atom is -0.313 e. The molecule has 0 aromatic carbocycles. The van der Waals surface area contributed by atoms with E-state index in [1.807, 2.05) is 0 Å². The summed E-state index contributed by atoms with van der Waals surface area (Å²) in [5, 5.41) is 3.38. The van der Waals surface area contributed by atoms with E-state index in [1.165, 1.54) is 12.8 Å². The fraction of sp³-hybridized carbons (Fsp3) is 1.00. The lowest BCUT2D eigenvalue weighted by atomic mass is 10.1. The Balaban J connectivity index is 3.22. The summed E-state index contributed by atoms with van der Waals surface area (Å²) in [5.74, 6) is 1.49. The van der Waals surface area contributed by atoms with Gasteiger partial charge in [-0.15, -0.1) is 11.6 Å². The van der Waals surface area contributed by atoms with Crippen LogP contribution < -0.4 is 5.32 Å². The highest BCUT2D eigenvalue weighted by atomic mass is 35.5. The monoisotopic (exact) mass is 177 g/mol. The Hall–Kier alpha value is 0.250. The summed E-state index contributed by atoms with van der Waals surface area (Å²) >= 11 is 5.65. The van der Waals surface area contributed by atoms with Crippen LogP contribution in [0.2, 0.25) is 0 Å². The minimum absolute atomic E-state index is 0.455. The van der Waals surface area contributed by atoms with Crippen LogP contribution in [0.4, 0.5) is 0 Å². The van der Waals surface area contributed by atoms with Crippen LogP contribution in [-0.2, 0) is 0 Å². The van der Waals surface area contributed by atoms with Crippen molar-refractivity contribution >= 4 is 11.6 Å². The molecular weight excluding hydrogens is 158 g/mol. The fourth-order valence-corrected chi connectivity index (χ4v) is 1.16. The molecule has 0 bridgehead atoms. The Morgan fingerprint density at radius 2 is 2.00 bits per heavy atom. The van der Waals surface area contributed by atoms with Gasteiger partial charge in [0, 0.05) is 11.9 Å². The van der Waals surface area contributed by atoms with Crippen molar-refractivity contribution in [3.63, 3.8) is 0 Å². The van der Waals surface area contributed by atoms with Gasteiger partial charge in [0.15, 0.2) is 0 Å². The predicted octanol–water partition coefficient (Wildman–Crippen LogP) is 2.64. The maximum Gasteiger partial charge on any atom is 0.0374 e. The van der Waals surface area contributed by atoms with Gasteiger partial charge in [0.25, 0.3) is 0 Å². The molecule has 0 aromatic rings. The van der Waals surface area contributed by atoms with E-state index >= 15 is 0 Å². The van der Waals surface area contributed by atoms with Gasteiger partial charge < -0.3 is 5.32 Å². The van der Waals surface area contributed by atoms with Crippen molar-refractivity contribution in [2.24, 2.45) is 5.92 Å². The Morgan fingerprint density at radius 3 is 2.45 bits per heavy atom. The highest BCUT2D eigenvalue weighted by Crippen LogP contribution is 2.03. The Kier molecular flexibility index (Phi) is 7.09. The number of rotatable bonds is 6. The number of hydrogen-bond donors (Lipinski definition) is 1. The maximum absolute atomic E-state index is 5.65. The van der Waals surface area contributed by atoms with Crippen molar-refractivity contribution in [3.05, 3.63) is 0 Å². The van der Waals surface area contributed by atoms with Crippen molar-refractivity contribution in [1.82, 2.24) is 5.32 Å². The highest BCUT2D eigenvalue weighted by molar-refractivity contribution is 6.18. The van der Waals surface area contributed by atoms with Gasteiger partial charge in [-0.05, 0) is 25.8 Å². The lowest BCUT2D eigenvalue weighted by Gasteiger charge is -2.14. The zero-order valence-electron chi connectivity index (χ0n) is 7.86. The first-order chi connectivity index (χ1) is 5.20. The molecule has 11 heavy (non-hydrogen) atoms. The molecule has 0 fully saturated rings. The van der Waals surface area contributed by atoms with Gasteiger partial charge in [0.1, 0.15) is 0 Å². The van der Waals surface area contributed by atoms with Crippen LogP contribution in [0, 0.1) is 5.92 Å².